The summed E-state index contributed by atoms with van der Waals surface area (Å²) in [5.74, 6) is 0.845. The molecule has 0 saturated carbocycles. The van der Waals surface area contributed by atoms with E-state index in [1.807, 2.05) is 25.1 Å². The highest BCUT2D eigenvalue weighted by Gasteiger charge is 2.18. The zero-order valence-corrected chi connectivity index (χ0v) is 14.9. The Morgan fingerprint density at radius 3 is 2.42 bits per heavy atom. The first-order valence-corrected chi connectivity index (χ1v) is 8.11. The van der Waals surface area contributed by atoms with Gasteiger partial charge < -0.3 is 9.72 Å². The third kappa shape index (κ3) is 2.71. The van der Waals surface area contributed by atoms with Gasteiger partial charge in [0.15, 0.2) is 6.29 Å². The van der Waals surface area contributed by atoms with Gasteiger partial charge in [0, 0.05) is 16.5 Å². The number of aryl methyl sites for hydroxylation is 1. The summed E-state index contributed by atoms with van der Waals surface area (Å²) in [5, 5.41) is 0.973. The van der Waals surface area contributed by atoms with Gasteiger partial charge in [-0.2, -0.15) is 0 Å². The molecule has 0 saturated heterocycles. The fourth-order valence-electron chi connectivity index (χ4n) is 3.06. The van der Waals surface area contributed by atoms with Crippen molar-refractivity contribution in [3.05, 3.63) is 53.1 Å². The number of ether oxygens (including phenoxy) is 1. The fourth-order valence-corrected chi connectivity index (χ4v) is 3.06. The van der Waals surface area contributed by atoms with Gasteiger partial charge in [0.2, 0.25) is 0 Å². The molecule has 2 aromatic carbocycles. The van der Waals surface area contributed by atoms with Gasteiger partial charge in [0.1, 0.15) is 5.75 Å². The Labute approximate surface area is 142 Å². The van der Waals surface area contributed by atoms with E-state index in [9.17, 15) is 4.79 Å². The predicted octanol–water partition coefficient (Wildman–Crippen LogP) is 5.26. The van der Waals surface area contributed by atoms with E-state index in [-0.39, 0.29) is 5.41 Å². The van der Waals surface area contributed by atoms with Gasteiger partial charge in [-0.15, -0.1) is 0 Å². The van der Waals surface area contributed by atoms with E-state index in [4.69, 9.17) is 4.74 Å². The van der Waals surface area contributed by atoms with Gasteiger partial charge >= 0.3 is 0 Å². The number of rotatable bonds is 3. The van der Waals surface area contributed by atoms with Crippen molar-refractivity contribution >= 4 is 17.2 Å². The SMILES string of the molecule is COc1ccc(-c2[nH]c3ccc(C(C)(C)C)cc3c2C=O)cc1C. The molecule has 3 aromatic rings. The zero-order valence-electron chi connectivity index (χ0n) is 14.9. The monoisotopic (exact) mass is 321 g/mol. The maximum atomic E-state index is 11.8. The number of hydrogen-bond acceptors (Lipinski definition) is 2. The van der Waals surface area contributed by atoms with Gasteiger partial charge in [0.05, 0.1) is 12.8 Å². The Morgan fingerprint density at radius 1 is 1.08 bits per heavy atom. The topological polar surface area (TPSA) is 42.1 Å². The fraction of sp³-hybridized carbons (Fsp3) is 0.286. The van der Waals surface area contributed by atoms with Gasteiger partial charge in [0.25, 0.3) is 0 Å². The number of aldehydes is 1. The number of methoxy groups -OCH3 is 1. The third-order valence-corrected chi connectivity index (χ3v) is 4.51. The molecule has 1 N–H and O–H groups in total. The number of carbonyl (C=O) groups is 1. The predicted molar refractivity (Wildman–Crippen MR) is 99.1 cm³/mol. The summed E-state index contributed by atoms with van der Waals surface area (Å²) in [6.07, 6.45) is 0.945. The zero-order chi connectivity index (χ0) is 17.5. The molecule has 0 spiro atoms. The summed E-state index contributed by atoms with van der Waals surface area (Å²) in [5.41, 5.74) is 5.84. The van der Waals surface area contributed by atoms with Crippen LogP contribution in [0.2, 0.25) is 0 Å². The number of aromatic amines is 1. The van der Waals surface area contributed by atoms with Crippen molar-refractivity contribution in [2.75, 3.05) is 7.11 Å². The second kappa shape index (κ2) is 5.82. The summed E-state index contributed by atoms with van der Waals surface area (Å²) in [6.45, 7) is 8.53. The lowest BCUT2D eigenvalue weighted by Crippen LogP contribution is -2.10. The van der Waals surface area contributed by atoms with Crippen LogP contribution in [-0.2, 0) is 5.41 Å². The second-order valence-electron chi connectivity index (χ2n) is 7.23. The van der Waals surface area contributed by atoms with Crippen LogP contribution in [0.3, 0.4) is 0 Å². The molecule has 0 atom stereocenters. The highest BCUT2D eigenvalue weighted by atomic mass is 16.5. The normalized spacial score (nSPS) is 11.7. The molecule has 3 heteroatoms. The standard InChI is InChI=1S/C21H23NO2/c1-13-10-14(6-9-19(13)24-5)20-17(12-23)16-11-15(21(2,3)4)7-8-18(16)22-20/h6-12,22H,1-5H3. The Hall–Kier alpha value is -2.55. The van der Waals surface area contributed by atoms with Crippen LogP contribution in [0.1, 0.15) is 42.3 Å². The van der Waals surface area contributed by atoms with Gasteiger partial charge in [-0.1, -0.05) is 26.8 Å². The Morgan fingerprint density at radius 2 is 1.83 bits per heavy atom. The third-order valence-electron chi connectivity index (χ3n) is 4.51. The number of hydrogen-bond donors (Lipinski definition) is 1. The molecular weight excluding hydrogens is 298 g/mol. The Bertz CT molecular complexity index is 913. The smallest absolute Gasteiger partial charge is 0.152 e. The number of benzene rings is 2. The Kier molecular flexibility index (Phi) is 3.96. The van der Waals surface area contributed by atoms with E-state index in [1.54, 1.807) is 7.11 Å². The summed E-state index contributed by atoms with van der Waals surface area (Å²) in [6, 6.07) is 12.3. The van der Waals surface area contributed by atoms with Crippen molar-refractivity contribution in [1.82, 2.24) is 4.98 Å². The van der Waals surface area contributed by atoms with E-state index in [0.717, 1.165) is 39.8 Å². The number of fused-ring (bicyclic) bond motifs is 1. The molecule has 0 bridgehead atoms. The molecule has 0 radical (unpaired) electrons. The molecule has 0 aliphatic rings. The molecule has 24 heavy (non-hydrogen) atoms. The quantitative estimate of drug-likeness (QED) is 0.668. The Balaban J connectivity index is 2.22. The van der Waals surface area contributed by atoms with E-state index < -0.39 is 0 Å². The van der Waals surface area contributed by atoms with Crippen LogP contribution in [0.15, 0.2) is 36.4 Å². The lowest BCUT2D eigenvalue weighted by molar-refractivity contribution is 0.112. The maximum absolute atomic E-state index is 11.8. The molecule has 3 nitrogen and oxygen atoms in total. The summed E-state index contributed by atoms with van der Waals surface area (Å²) < 4.78 is 5.32. The summed E-state index contributed by atoms with van der Waals surface area (Å²) in [4.78, 5) is 15.2. The van der Waals surface area contributed by atoms with Crippen LogP contribution in [0.4, 0.5) is 0 Å². The van der Waals surface area contributed by atoms with Crippen molar-refractivity contribution in [1.29, 1.82) is 0 Å². The molecule has 0 aliphatic heterocycles. The van der Waals surface area contributed by atoms with Crippen LogP contribution in [0.5, 0.6) is 5.75 Å². The van der Waals surface area contributed by atoms with Crippen LogP contribution in [-0.4, -0.2) is 18.4 Å². The number of carbonyl (C=O) groups excluding carboxylic acids is 1. The highest BCUT2D eigenvalue weighted by molar-refractivity contribution is 6.04. The van der Waals surface area contributed by atoms with E-state index in [2.05, 4.69) is 44.0 Å². The van der Waals surface area contributed by atoms with Gasteiger partial charge in [-0.3, -0.25) is 4.79 Å². The number of aromatic nitrogens is 1. The molecule has 0 unspecified atom stereocenters. The van der Waals surface area contributed by atoms with Crippen molar-refractivity contribution in [2.24, 2.45) is 0 Å². The lowest BCUT2D eigenvalue weighted by Gasteiger charge is -2.18. The minimum Gasteiger partial charge on any atom is -0.496 e. The largest absolute Gasteiger partial charge is 0.496 e. The minimum absolute atomic E-state index is 0.0441. The van der Waals surface area contributed by atoms with Crippen molar-refractivity contribution in [2.45, 2.75) is 33.1 Å². The second-order valence-corrected chi connectivity index (χ2v) is 7.23. The number of H-pyrrole nitrogens is 1. The molecule has 0 fully saturated rings. The minimum atomic E-state index is 0.0441. The number of nitrogens with one attached hydrogen (secondary N) is 1. The van der Waals surface area contributed by atoms with Crippen LogP contribution in [0.25, 0.3) is 22.2 Å². The molecule has 124 valence electrons. The molecule has 1 aromatic heterocycles. The van der Waals surface area contributed by atoms with Crippen LogP contribution >= 0.6 is 0 Å². The van der Waals surface area contributed by atoms with Crippen molar-refractivity contribution in [3.8, 4) is 17.0 Å². The highest BCUT2D eigenvalue weighted by Crippen LogP contribution is 2.34. The van der Waals surface area contributed by atoms with E-state index >= 15 is 0 Å². The molecule has 0 aliphatic carbocycles. The molecule has 1 heterocycles. The first-order chi connectivity index (χ1) is 11.3. The molecule has 0 amide bonds. The average Bonchev–Trinajstić information content (AvgIpc) is 2.91. The summed E-state index contributed by atoms with van der Waals surface area (Å²) in [7, 11) is 1.66. The van der Waals surface area contributed by atoms with E-state index in [1.165, 1.54) is 5.56 Å². The lowest BCUT2D eigenvalue weighted by atomic mass is 9.86. The van der Waals surface area contributed by atoms with Gasteiger partial charge in [-0.05, 0) is 59.4 Å². The molecular formula is C21H23NO2. The van der Waals surface area contributed by atoms with Crippen molar-refractivity contribution in [3.63, 3.8) is 0 Å². The van der Waals surface area contributed by atoms with Gasteiger partial charge in [-0.25, -0.2) is 0 Å². The van der Waals surface area contributed by atoms with Crippen molar-refractivity contribution < 1.29 is 9.53 Å². The molecule has 3 rings (SSSR count). The summed E-state index contributed by atoms with van der Waals surface area (Å²) >= 11 is 0. The first-order valence-electron chi connectivity index (χ1n) is 8.11. The van der Waals surface area contributed by atoms with E-state index in [0.29, 0.717) is 5.56 Å². The maximum Gasteiger partial charge on any atom is 0.152 e. The average molecular weight is 321 g/mol. The first kappa shape index (κ1) is 16.3. The van der Waals surface area contributed by atoms with Crippen LogP contribution in [0, 0.1) is 6.92 Å². The van der Waals surface area contributed by atoms with Crippen LogP contribution < -0.4 is 4.74 Å².